The zero-order valence-corrected chi connectivity index (χ0v) is 8.58. The number of hydrogen-bond acceptors (Lipinski definition) is 2. The van der Waals surface area contributed by atoms with Crippen LogP contribution in [0.15, 0.2) is 17.5 Å². The van der Waals surface area contributed by atoms with E-state index in [1.807, 2.05) is 6.92 Å². The van der Waals surface area contributed by atoms with Crippen LogP contribution in [0.1, 0.15) is 24.3 Å². The molecule has 0 amide bonds. The molecule has 1 rings (SSSR count). The molecule has 0 bridgehead atoms. The molecule has 0 fully saturated rings. The Morgan fingerprint density at radius 3 is 2.64 bits per heavy atom. The molecule has 1 unspecified atom stereocenters. The van der Waals surface area contributed by atoms with Crippen molar-refractivity contribution in [3.05, 3.63) is 22.4 Å². The Bertz CT molecular complexity index is 256. The van der Waals surface area contributed by atoms with Crippen molar-refractivity contribution in [3.63, 3.8) is 0 Å². The molecule has 1 nitrogen and oxygen atoms in total. The van der Waals surface area contributed by atoms with E-state index >= 15 is 0 Å². The standard InChI is InChI=1S/C9H12F3NS/c1-2-5-13-8(9(10,11)12)7-4-3-6-14-7/h3-4,6,8,13H,2,5H2,1H3. The van der Waals surface area contributed by atoms with E-state index in [0.29, 0.717) is 17.8 Å². The van der Waals surface area contributed by atoms with Crippen molar-refractivity contribution in [1.29, 1.82) is 0 Å². The van der Waals surface area contributed by atoms with Crippen molar-refractivity contribution in [1.82, 2.24) is 5.32 Å². The molecule has 0 aliphatic carbocycles. The van der Waals surface area contributed by atoms with Gasteiger partial charge >= 0.3 is 6.18 Å². The van der Waals surface area contributed by atoms with Gasteiger partial charge in [0, 0.05) is 4.88 Å². The topological polar surface area (TPSA) is 12.0 Å². The van der Waals surface area contributed by atoms with Gasteiger partial charge in [-0.2, -0.15) is 13.2 Å². The number of hydrogen-bond donors (Lipinski definition) is 1. The fraction of sp³-hybridized carbons (Fsp3) is 0.556. The first kappa shape index (κ1) is 11.5. The van der Waals surface area contributed by atoms with E-state index in [2.05, 4.69) is 5.32 Å². The second-order valence-corrected chi connectivity index (χ2v) is 3.92. The number of rotatable bonds is 4. The molecule has 0 radical (unpaired) electrons. The van der Waals surface area contributed by atoms with Crippen molar-refractivity contribution in [2.24, 2.45) is 0 Å². The van der Waals surface area contributed by atoms with Crippen molar-refractivity contribution in [2.75, 3.05) is 6.54 Å². The highest BCUT2D eigenvalue weighted by molar-refractivity contribution is 7.10. The van der Waals surface area contributed by atoms with Gasteiger partial charge in [-0.05, 0) is 24.4 Å². The third kappa shape index (κ3) is 2.99. The molecule has 80 valence electrons. The normalized spacial score (nSPS) is 14.3. The third-order valence-corrected chi connectivity index (χ3v) is 2.69. The minimum Gasteiger partial charge on any atom is -0.302 e. The summed E-state index contributed by atoms with van der Waals surface area (Å²) in [5.41, 5.74) is 0. The summed E-state index contributed by atoms with van der Waals surface area (Å²) in [7, 11) is 0. The Balaban J connectivity index is 2.73. The lowest BCUT2D eigenvalue weighted by atomic mass is 10.2. The number of halogens is 3. The van der Waals surface area contributed by atoms with Gasteiger partial charge in [-0.15, -0.1) is 11.3 Å². The van der Waals surface area contributed by atoms with Crippen LogP contribution in [0, 0.1) is 0 Å². The van der Waals surface area contributed by atoms with Crippen LogP contribution in [0.2, 0.25) is 0 Å². The summed E-state index contributed by atoms with van der Waals surface area (Å²) in [6, 6.07) is 1.63. The van der Waals surface area contributed by atoms with Crippen LogP contribution in [0.4, 0.5) is 13.2 Å². The molecule has 0 aliphatic rings. The van der Waals surface area contributed by atoms with Gasteiger partial charge in [-0.3, -0.25) is 0 Å². The van der Waals surface area contributed by atoms with Gasteiger partial charge in [0.1, 0.15) is 6.04 Å². The molecule has 1 heterocycles. The Labute approximate surface area is 84.9 Å². The third-order valence-electron chi connectivity index (χ3n) is 1.75. The molecule has 0 aromatic carbocycles. The maximum absolute atomic E-state index is 12.6. The zero-order valence-electron chi connectivity index (χ0n) is 7.77. The van der Waals surface area contributed by atoms with E-state index in [4.69, 9.17) is 0 Å². The number of nitrogens with one attached hydrogen (secondary N) is 1. The summed E-state index contributed by atoms with van der Waals surface area (Å²) in [5, 5.41) is 4.15. The largest absolute Gasteiger partial charge is 0.408 e. The lowest BCUT2D eigenvalue weighted by Crippen LogP contribution is -2.33. The van der Waals surface area contributed by atoms with Crippen LogP contribution >= 0.6 is 11.3 Å². The second kappa shape index (κ2) is 4.79. The minimum atomic E-state index is -4.21. The van der Waals surface area contributed by atoms with E-state index in [1.54, 1.807) is 11.4 Å². The van der Waals surface area contributed by atoms with Gasteiger partial charge in [0.2, 0.25) is 0 Å². The van der Waals surface area contributed by atoms with Crippen LogP contribution in [-0.2, 0) is 0 Å². The van der Waals surface area contributed by atoms with Crippen molar-refractivity contribution < 1.29 is 13.2 Å². The second-order valence-electron chi connectivity index (χ2n) is 2.94. The molecule has 0 saturated heterocycles. The van der Waals surface area contributed by atoms with Gasteiger partial charge < -0.3 is 5.32 Å². The van der Waals surface area contributed by atoms with Crippen LogP contribution in [0.5, 0.6) is 0 Å². The van der Waals surface area contributed by atoms with Crippen molar-refractivity contribution in [2.45, 2.75) is 25.6 Å². The Morgan fingerprint density at radius 2 is 2.21 bits per heavy atom. The van der Waals surface area contributed by atoms with Crippen molar-refractivity contribution >= 4 is 11.3 Å². The highest BCUT2D eigenvalue weighted by Crippen LogP contribution is 2.34. The Hall–Kier alpha value is -0.550. The maximum atomic E-state index is 12.6. The summed E-state index contributed by atoms with van der Waals surface area (Å²) in [6.45, 7) is 2.22. The van der Waals surface area contributed by atoms with E-state index in [0.717, 1.165) is 11.3 Å². The smallest absolute Gasteiger partial charge is 0.302 e. The highest BCUT2D eigenvalue weighted by Gasteiger charge is 2.40. The molecule has 0 saturated carbocycles. The molecule has 1 aromatic rings. The quantitative estimate of drug-likeness (QED) is 0.825. The summed E-state index contributed by atoms with van der Waals surface area (Å²) >= 11 is 1.13. The van der Waals surface area contributed by atoms with Gasteiger partial charge in [0.05, 0.1) is 0 Å². The molecular weight excluding hydrogens is 211 g/mol. The van der Waals surface area contributed by atoms with Gasteiger partial charge in [0.25, 0.3) is 0 Å². The van der Waals surface area contributed by atoms with Gasteiger partial charge in [0.15, 0.2) is 0 Å². The first-order valence-electron chi connectivity index (χ1n) is 4.39. The fourth-order valence-corrected chi connectivity index (χ4v) is 1.95. The van der Waals surface area contributed by atoms with E-state index in [9.17, 15) is 13.2 Å². The maximum Gasteiger partial charge on any atom is 0.408 e. The first-order valence-corrected chi connectivity index (χ1v) is 5.27. The summed E-state index contributed by atoms with van der Waals surface area (Å²) in [4.78, 5) is 0.325. The molecule has 5 heteroatoms. The molecule has 1 N–H and O–H groups in total. The predicted molar refractivity (Wildman–Crippen MR) is 51.4 cm³/mol. The Kier molecular flexibility index (Phi) is 3.95. The lowest BCUT2D eigenvalue weighted by molar-refractivity contribution is -0.156. The summed E-state index contributed by atoms with van der Waals surface area (Å²) < 4.78 is 37.7. The monoisotopic (exact) mass is 223 g/mol. The summed E-state index contributed by atoms with van der Waals surface area (Å²) in [6.07, 6.45) is -3.52. The summed E-state index contributed by atoms with van der Waals surface area (Å²) in [5.74, 6) is 0. The van der Waals surface area contributed by atoms with Crippen LogP contribution in [0.25, 0.3) is 0 Å². The van der Waals surface area contributed by atoms with E-state index in [1.165, 1.54) is 6.07 Å². The zero-order chi connectivity index (χ0) is 10.6. The van der Waals surface area contributed by atoms with E-state index in [-0.39, 0.29) is 0 Å². The minimum absolute atomic E-state index is 0.325. The van der Waals surface area contributed by atoms with E-state index < -0.39 is 12.2 Å². The van der Waals surface area contributed by atoms with Crippen molar-refractivity contribution in [3.8, 4) is 0 Å². The molecule has 14 heavy (non-hydrogen) atoms. The first-order chi connectivity index (χ1) is 6.55. The van der Waals surface area contributed by atoms with Crippen LogP contribution in [-0.4, -0.2) is 12.7 Å². The van der Waals surface area contributed by atoms with Gasteiger partial charge in [-0.25, -0.2) is 0 Å². The molecule has 1 aromatic heterocycles. The fourth-order valence-electron chi connectivity index (χ4n) is 1.12. The predicted octanol–water partition coefficient (Wildman–Crippen LogP) is 3.35. The lowest BCUT2D eigenvalue weighted by Gasteiger charge is -2.20. The molecule has 1 atom stereocenters. The average molecular weight is 223 g/mol. The SMILES string of the molecule is CCCNC(c1cccs1)C(F)(F)F. The molecule has 0 spiro atoms. The van der Waals surface area contributed by atoms with Crippen LogP contribution in [0.3, 0.4) is 0 Å². The highest BCUT2D eigenvalue weighted by atomic mass is 32.1. The Morgan fingerprint density at radius 1 is 1.50 bits per heavy atom. The number of thiophene rings is 1. The average Bonchev–Trinajstić information content (AvgIpc) is 2.55. The molecule has 0 aliphatic heterocycles. The van der Waals surface area contributed by atoms with Crippen LogP contribution < -0.4 is 5.32 Å². The number of alkyl halides is 3. The van der Waals surface area contributed by atoms with Gasteiger partial charge in [-0.1, -0.05) is 13.0 Å². The molecular formula is C9H12F3NS.